The molecule has 1 aliphatic carbocycles. The maximum absolute atomic E-state index is 14.6. The lowest BCUT2D eigenvalue weighted by molar-refractivity contribution is -0.119. The van der Waals surface area contributed by atoms with Crippen molar-refractivity contribution in [1.82, 2.24) is 20.2 Å². The van der Waals surface area contributed by atoms with Gasteiger partial charge in [0.15, 0.2) is 0 Å². The summed E-state index contributed by atoms with van der Waals surface area (Å²) in [5.41, 5.74) is -0.712. The zero-order valence-electron chi connectivity index (χ0n) is 21.4. The second kappa shape index (κ2) is 11.2. The Kier molecular flexibility index (Phi) is 8.84. The average molecular weight is 482 g/mol. The number of alkyl halides is 2. The SMILES string of the molecule is COCC(F)(F)c1cc(N2CCN(CCC3CCC(NC(C)=O)CC3)CC2)nc(C(C)(C)C)n1. The van der Waals surface area contributed by atoms with Crippen LogP contribution in [0.15, 0.2) is 6.07 Å². The third-order valence-corrected chi connectivity index (χ3v) is 6.89. The molecule has 3 rings (SSSR count). The summed E-state index contributed by atoms with van der Waals surface area (Å²) in [7, 11) is 1.27. The molecule has 192 valence electrons. The third-order valence-electron chi connectivity index (χ3n) is 6.89. The molecule has 1 N–H and O–H groups in total. The molecule has 2 heterocycles. The van der Waals surface area contributed by atoms with Crippen LogP contribution in [0.25, 0.3) is 0 Å². The van der Waals surface area contributed by atoms with Crippen molar-refractivity contribution in [2.45, 2.75) is 77.2 Å². The molecule has 9 heteroatoms. The van der Waals surface area contributed by atoms with E-state index in [9.17, 15) is 13.6 Å². The van der Waals surface area contributed by atoms with E-state index >= 15 is 0 Å². The first-order valence-corrected chi connectivity index (χ1v) is 12.5. The second-order valence-electron chi connectivity index (χ2n) is 10.9. The largest absolute Gasteiger partial charge is 0.378 e. The van der Waals surface area contributed by atoms with E-state index in [4.69, 9.17) is 4.74 Å². The molecule has 1 saturated carbocycles. The highest BCUT2D eigenvalue weighted by molar-refractivity contribution is 5.73. The normalized spacial score (nSPS) is 22.6. The number of aromatic nitrogens is 2. The van der Waals surface area contributed by atoms with Gasteiger partial charge in [0.2, 0.25) is 5.91 Å². The predicted octanol–water partition coefficient (Wildman–Crippen LogP) is 3.72. The molecule has 2 aliphatic rings. The van der Waals surface area contributed by atoms with Gasteiger partial charge in [0.1, 0.15) is 23.9 Å². The van der Waals surface area contributed by atoms with E-state index in [-0.39, 0.29) is 11.6 Å². The van der Waals surface area contributed by atoms with E-state index in [1.165, 1.54) is 32.4 Å². The summed E-state index contributed by atoms with van der Waals surface area (Å²) < 4.78 is 34.0. The summed E-state index contributed by atoms with van der Waals surface area (Å²) in [4.78, 5) is 24.7. The van der Waals surface area contributed by atoms with Crippen molar-refractivity contribution < 1.29 is 18.3 Å². The molecule has 0 radical (unpaired) electrons. The van der Waals surface area contributed by atoms with Gasteiger partial charge < -0.3 is 15.0 Å². The zero-order chi connectivity index (χ0) is 24.9. The molecule has 0 aromatic carbocycles. The number of carbonyl (C=O) groups excluding carboxylic acids is 1. The lowest BCUT2D eigenvalue weighted by atomic mass is 9.84. The van der Waals surface area contributed by atoms with Gasteiger partial charge in [0, 0.05) is 57.7 Å². The molecule has 1 aromatic rings. The van der Waals surface area contributed by atoms with E-state index in [2.05, 4.69) is 25.1 Å². The smallest absolute Gasteiger partial charge is 0.312 e. The molecule has 2 fully saturated rings. The van der Waals surface area contributed by atoms with Crippen LogP contribution in [0.4, 0.5) is 14.6 Å². The van der Waals surface area contributed by atoms with Gasteiger partial charge >= 0.3 is 5.92 Å². The fourth-order valence-corrected chi connectivity index (χ4v) is 4.82. The van der Waals surface area contributed by atoms with Gasteiger partial charge in [-0.25, -0.2) is 9.97 Å². The van der Waals surface area contributed by atoms with E-state index < -0.39 is 17.9 Å². The molecular weight excluding hydrogens is 440 g/mol. The minimum absolute atomic E-state index is 0.0640. The first-order chi connectivity index (χ1) is 16.0. The van der Waals surface area contributed by atoms with Gasteiger partial charge in [-0.15, -0.1) is 0 Å². The van der Waals surface area contributed by atoms with Crippen molar-refractivity contribution in [1.29, 1.82) is 0 Å². The monoisotopic (exact) mass is 481 g/mol. The number of piperazine rings is 1. The summed E-state index contributed by atoms with van der Waals surface area (Å²) in [6.07, 6.45) is 5.64. The van der Waals surface area contributed by atoms with Gasteiger partial charge in [-0.2, -0.15) is 8.78 Å². The summed E-state index contributed by atoms with van der Waals surface area (Å²) in [6, 6.07) is 1.77. The lowest BCUT2D eigenvalue weighted by Gasteiger charge is -2.37. The average Bonchev–Trinajstić information content (AvgIpc) is 2.78. The molecule has 0 spiro atoms. The van der Waals surface area contributed by atoms with Gasteiger partial charge in [-0.1, -0.05) is 20.8 Å². The van der Waals surface area contributed by atoms with Gasteiger partial charge in [0.05, 0.1) is 0 Å². The molecule has 1 aliphatic heterocycles. The number of ether oxygens (including phenoxy) is 1. The van der Waals surface area contributed by atoms with Crippen molar-refractivity contribution in [2.75, 3.05) is 51.3 Å². The number of anilines is 1. The van der Waals surface area contributed by atoms with E-state index in [0.717, 1.165) is 45.6 Å². The quantitative estimate of drug-likeness (QED) is 0.610. The van der Waals surface area contributed by atoms with Crippen LogP contribution in [-0.2, 0) is 20.9 Å². The highest BCUT2D eigenvalue weighted by Crippen LogP contribution is 2.32. The summed E-state index contributed by atoms with van der Waals surface area (Å²) in [5.74, 6) is -1.39. The highest BCUT2D eigenvalue weighted by Gasteiger charge is 2.36. The fourth-order valence-electron chi connectivity index (χ4n) is 4.82. The van der Waals surface area contributed by atoms with E-state index in [1.807, 2.05) is 20.8 Å². The topological polar surface area (TPSA) is 70.6 Å². The van der Waals surface area contributed by atoms with Crippen LogP contribution in [0, 0.1) is 5.92 Å². The van der Waals surface area contributed by atoms with Crippen LogP contribution in [0.1, 0.15) is 71.3 Å². The number of nitrogens with zero attached hydrogens (tertiary/aromatic N) is 4. The van der Waals surface area contributed by atoms with Crippen molar-refractivity contribution in [3.63, 3.8) is 0 Å². The van der Waals surface area contributed by atoms with E-state index in [1.54, 1.807) is 6.92 Å². The third kappa shape index (κ3) is 7.31. The van der Waals surface area contributed by atoms with Crippen LogP contribution in [0.5, 0.6) is 0 Å². The maximum atomic E-state index is 14.6. The molecule has 7 nitrogen and oxygen atoms in total. The molecule has 0 unspecified atom stereocenters. The first kappa shape index (κ1) is 26.7. The van der Waals surface area contributed by atoms with Gasteiger partial charge in [-0.3, -0.25) is 9.69 Å². The predicted molar refractivity (Wildman–Crippen MR) is 129 cm³/mol. The Morgan fingerprint density at radius 3 is 2.32 bits per heavy atom. The Balaban J connectivity index is 1.56. The Morgan fingerprint density at radius 2 is 1.76 bits per heavy atom. The van der Waals surface area contributed by atoms with Crippen LogP contribution in [0.3, 0.4) is 0 Å². The van der Waals surface area contributed by atoms with Crippen molar-refractivity contribution in [3.05, 3.63) is 17.6 Å². The number of methoxy groups -OCH3 is 1. The lowest BCUT2D eigenvalue weighted by Crippen LogP contribution is -2.47. The molecule has 0 bridgehead atoms. The first-order valence-electron chi connectivity index (χ1n) is 12.5. The Bertz CT molecular complexity index is 814. The molecule has 1 amide bonds. The highest BCUT2D eigenvalue weighted by atomic mass is 19.3. The number of nitrogens with one attached hydrogen (secondary N) is 1. The van der Waals surface area contributed by atoms with Crippen LogP contribution >= 0.6 is 0 Å². The minimum atomic E-state index is -3.16. The molecule has 1 saturated heterocycles. The Morgan fingerprint density at radius 1 is 1.12 bits per heavy atom. The number of carbonyl (C=O) groups is 1. The van der Waals surface area contributed by atoms with Crippen molar-refractivity contribution >= 4 is 11.7 Å². The number of hydrogen-bond acceptors (Lipinski definition) is 6. The summed E-state index contributed by atoms with van der Waals surface area (Å²) >= 11 is 0. The second-order valence-corrected chi connectivity index (χ2v) is 10.9. The van der Waals surface area contributed by atoms with Gasteiger partial charge in [-0.05, 0) is 44.6 Å². The van der Waals surface area contributed by atoms with Crippen molar-refractivity contribution in [2.24, 2.45) is 5.92 Å². The van der Waals surface area contributed by atoms with Crippen molar-refractivity contribution in [3.8, 4) is 0 Å². The zero-order valence-corrected chi connectivity index (χ0v) is 21.4. The minimum Gasteiger partial charge on any atom is -0.378 e. The number of rotatable bonds is 8. The number of hydrogen-bond donors (Lipinski definition) is 1. The fraction of sp³-hybridized carbons (Fsp3) is 0.800. The van der Waals surface area contributed by atoms with Crippen LogP contribution in [-0.4, -0.2) is 73.3 Å². The molecule has 1 aromatic heterocycles. The van der Waals surface area contributed by atoms with Gasteiger partial charge in [0.25, 0.3) is 0 Å². The molecule has 0 atom stereocenters. The molecular formula is C25H41F2N5O2. The Hall–Kier alpha value is -1.87. The Labute approximate surface area is 202 Å². The van der Waals surface area contributed by atoms with E-state index in [0.29, 0.717) is 23.6 Å². The van der Waals surface area contributed by atoms with Crippen LogP contribution in [0.2, 0.25) is 0 Å². The summed E-state index contributed by atoms with van der Waals surface area (Å²) in [6.45, 7) is 11.0. The standard InChI is InChI=1S/C25H41F2N5O2/c1-18(33)28-20-8-6-19(7-9-20)10-11-31-12-14-32(15-13-31)22-16-21(25(26,27)17-34-5)29-23(30-22)24(2,3)4/h16,19-20H,6-15,17H2,1-5H3,(H,28,33). The number of halogens is 2. The summed E-state index contributed by atoms with van der Waals surface area (Å²) in [5, 5.41) is 3.04. The number of amides is 1. The van der Waals surface area contributed by atoms with Crippen LogP contribution < -0.4 is 10.2 Å². The maximum Gasteiger partial charge on any atom is 0.312 e. The molecule has 34 heavy (non-hydrogen) atoms.